The molecule has 1 N–H and O–H groups in total. The Kier molecular flexibility index (Phi) is 2.94. The third-order valence-electron chi connectivity index (χ3n) is 1.20. The van der Waals surface area contributed by atoms with Crippen molar-refractivity contribution in [2.45, 2.75) is 0 Å². The molecule has 12 heavy (non-hydrogen) atoms. The largest absolute Gasteiger partial charge is 0.331 e. The zero-order chi connectivity index (χ0) is 9.14. The molecule has 1 heterocycles. The highest BCUT2D eigenvalue weighted by Crippen LogP contribution is 2.23. The number of nitrogens with one attached hydrogen (secondary N) is 1. The lowest BCUT2D eigenvalue weighted by molar-refractivity contribution is 0.231. The lowest BCUT2D eigenvalue weighted by Gasteiger charge is -2.09. The van der Waals surface area contributed by atoms with Crippen LogP contribution >= 0.6 is 22.9 Å². The summed E-state index contributed by atoms with van der Waals surface area (Å²) < 4.78 is 0. The van der Waals surface area contributed by atoms with Crippen LogP contribution in [0.5, 0.6) is 0 Å². The van der Waals surface area contributed by atoms with E-state index in [1.54, 1.807) is 25.5 Å². The molecule has 0 aromatic carbocycles. The van der Waals surface area contributed by atoms with E-state index in [9.17, 15) is 4.79 Å². The molecule has 0 spiro atoms. The highest BCUT2D eigenvalue weighted by molar-refractivity contribution is 7.14. The van der Waals surface area contributed by atoms with Crippen LogP contribution < -0.4 is 5.32 Å². The van der Waals surface area contributed by atoms with Crippen LogP contribution in [0.15, 0.2) is 11.4 Å². The maximum atomic E-state index is 11.1. The minimum absolute atomic E-state index is 0.145. The first kappa shape index (κ1) is 9.35. The molecule has 66 valence electrons. The van der Waals surface area contributed by atoms with Gasteiger partial charge in [-0.3, -0.25) is 5.32 Å². The van der Waals surface area contributed by atoms with Gasteiger partial charge in [0.2, 0.25) is 0 Å². The van der Waals surface area contributed by atoms with Gasteiger partial charge in [-0.15, -0.1) is 11.3 Å². The van der Waals surface area contributed by atoms with Crippen LogP contribution in [0.3, 0.4) is 0 Å². The normalized spacial score (nSPS) is 9.58. The number of thiophene rings is 1. The Labute approximate surface area is 79.9 Å². The summed E-state index contributed by atoms with van der Waals surface area (Å²) in [5.41, 5.74) is 0. The minimum atomic E-state index is -0.145. The van der Waals surface area contributed by atoms with Crippen LogP contribution in [0.25, 0.3) is 0 Å². The van der Waals surface area contributed by atoms with Gasteiger partial charge < -0.3 is 4.90 Å². The van der Waals surface area contributed by atoms with Gasteiger partial charge in [0.05, 0.1) is 10.0 Å². The van der Waals surface area contributed by atoms with Gasteiger partial charge in [-0.05, 0) is 6.07 Å². The summed E-state index contributed by atoms with van der Waals surface area (Å²) in [6.07, 6.45) is 0. The highest BCUT2D eigenvalue weighted by atomic mass is 35.5. The number of carbonyl (C=O) groups is 1. The van der Waals surface area contributed by atoms with E-state index in [-0.39, 0.29) is 6.03 Å². The Balaban J connectivity index is 2.58. The van der Waals surface area contributed by atoms with Gasteiger partial charge in [0.15, 0.2) is 0 Å². The second-order valence-electron chi connectivity index (χ2n) is 2.45. The van der Waals surface area contributed by atoms with E-state index < -0.39 is 0 Å². The Morgan fingerprint density at radius 1 is 1.67 bits per heavy atom. The van der Waals surface area contributed by atoms with Gasteiger partial charge in [-0.1, -0.05) is 11.6 Å². The van der Waals surface area contributed by atoms with Gasteiger partial charge in [-0.2, -0.15) is 0 Å². The molecule has 5 heteroatoms. The zero-order valence-electron chi connectivity index (χ0n) is 6.80. The van der Waals surface area contributed by atoms with Crippen LogP contribution in [-0.4, -0.2) is 25.0 Å². The van der Waals surface area contributed by atoms with Crippen LogP contribution in [0, 0.1) is 0 Å². The third-order valence-corrected chi connectivity index (χ3v) is 2.40. The predicted octanol–water partition coefficient (Wildman–Crippen LogP) is 2.50. The molecule has 0 fully saturated rings. The van der Waals surface area contributed by atoms with Crippen molar-refractivity contribution in [2.75, 3.05) is 19.4 Å². The van der Waals surface area contributed by atoms with Gasteiger partial charge in [-0.25, -0.2) is 4.79 Å². The van der Waals surface area contributed by atoms with Crippen molar-refractivity contribution in [3.05, 3.63) is 16.5 Å². The first-order valence-electron chi connectivity index (χ1n) is 3.32. The topological polar surface area (TPSA) is 32.3 Å². The molecular formula is C7H9ClN2OS. The molecule has 3 nitrogen and oxygen atoms in total. The number of nitrogens with zero attached hydrogens (tertiary/aromatic N) is 1. The summed E-state index contributed by atoms with van der Waals surface area (Å²) >= 11 is 7.07. The molecule has 0 aliphatic carbocycles. The van der Waals surface area contributed by atoms with Crippen molar-refractivity contribution in [3.8, 4) is 0 Å². The van der Waals surface area contributed by atoms with Gasteiger partial charge in [0, 0.05) is 19.5 Å². The highest BCUT2D eigenvalue weighted by Gasteiger charge is 2.04. The summed E-state index contributed by atoms with van der Waals surface area (Å²) in [7, 11) is 3.37. The van der Waals surface area contributed by atoms with E-state index in [1.165, 1.54) is 16.2 Å². The number of amides is 2. The van der Waals surface area contributed by atoms with E-state index in [2.05, 4.69) is 5.32 Å². The maximum absolute atomic E-state index is 11.1. The summed E-state index contributed by atoms with van der Waals surface area (Å²) in [4.78, 5) is 12.6. The summed E-state index contributed by atoms with van der Waals surface area (Å²) in [6, 6.07) is 1.57. The number of halogens is 1. The van der Waals surface area contributed by atoms with E-state index in [0.29, 0.717) is 5.02 Å². The molecule has 1 rings (SSSR count). The van der Waals surface area contributed by atoms with Crippen molar-refractivity contribution >= 4 is 34.0 Å². The molecule has 0 aliphatic rings. The first-order valence-corrected chi connectivity index (χ1v) is 4.57. The molecule has 0 bridgehead atoms. The number of carbonyl (C=O) groups excluding carboxylic acids is 1. The molecule has 0 saturated heterocycles. The van der Waals surface area contributed by atoms with E-state index in [1.807, 2.05) is 0 Å². The second kappa shape index (κ2) is 3.78. The predicted molar refractivity (Wildman–Crippen MR) is 52.0 cm³/mol. The Hall–Kier alpha value is -0.740. The van der Waals surface area contributed by atoms with Crippen molar-refractivity contribution < 1.29 is 4.79 Å². The van der Waals surface area contributed by atoms with E-state index >= 15 is 0 Å². The van der Waals surface area contributed by atoms with Crippen molar-refractivity contribution in [1.82, 2.24) is 4.90 Å². The molecule has 1 aromatic heterocycles. The minimum Gasteiger partial charge on any atom is -0.331 e. The molecule has 0 atom stereocenters. The van der Waals surface area contributed by atoms with Crippen molar-refractivity contribution in [3.63, 3.8) is 0 Å². The average molecular weight is 205 g/mol. The first-order chi connectivity index (χ1) is 5.59. The summed E-state index contributed by atoms with van der Waals surface area (Å²) in [6.45, 7) is 0. The quantitative estimate of drug-likeness (QED) is 0.749. The SMILES string of the molecule is CN(C)C(=O)Nc1cc(Cl)cs1. The van der Waals surface area contributed by atoms with Gasteiger partial charge in [0.25, 0.3) is 0 Å². The molecule has 2 amide bonds. The fourth-order valence-corrected chi connectivity index (χ4v) is 1.55. The van der Waals surface area contributed by atoms with Crippen LogP contribution in [0.1, 0.15) is 0 Å². The molecule has 0 radical (unpaired) electrons. The van der Waals surface area contributed by atoms with Crippen LogP contribution in [0.4, 0.5) is 9.80 Å². The van der Waals surface area contributed by atoms with E-state index in [4.69, 9.17) is 11.6 Å². The van der Waals surface area contributed by atoms with Crippen molar-refractivity contribution in [1.29, 1.82) is 0 Å². The fraction of sp³-hybridized carbons (Fsp3) is 0.286. The summed E-state index contributed by atoms with van der Waals surface area (Å²) in [5, 5.41) is 5.86. The Morgan fingerprint density at radius 3 is 2.75 bits per heavy atom. The Bertz CT molecular complexity index is 285. The standard InChI is InChI=1S/C7H9ClN2OS/c1-10(2)7(11)9-6-3-5(8)4-12-6/h3-4H,1-2H3,(H,9,11). The Morgan fingerprint density at radius 2 is 2.33 bits per heavy atom. The van der Waals surface area contributed by atoms with Crippen LogP contribution in [0.2, 0.25) is 5.02 Å². The van der Waals surface area contributed by atoms with E-state index in [0.717, 1.165) is 5.00 Å². The molecular weight excluding hydrogens is 196 g/mol. The number of hydrogen-bond donors (Lipinski definition) is 1. The lowest BCUT2D eigenvalue weighted by Crippen LogP contribution is -2.26. The fourth-order valence-electron chi connectivity index (χ4n) is 0.596. The average Bonchev–Trinajstić information content (AvgIpc) is 2.35. The molecule has 1 aromatic rings. The lowest BCUT2D eigenvalue weighted by atomic mass is 10.6. The monoisotopic (exact) mass is 204 g/mol. The molecule has 0 aliphatic heterocycles. The number of hydrogen-bond acceptors (Lipinski definition) is 2. The maximum Gasteiger partial charge on any atom is 0.321 e. The number of anilines is 1. The van der Waals surface area contributed by atoms with Gasteiger partial charge >= 0.3 is 6.03 Å². The third kappa shape index (κ3) is 2.39. The van der Waals surface area contributed by atoms with Crippen molar-refractivity contribution in [2.24, 2.45) is 0 Å². The number of urea groups is 1. The molecule has 0 unspecified atom stereocenters. The smallest absolute Gasteiger partial charge is 0.321 e. The summed E-state index contributed by atoms with van der Waals surface area (Å²) in [5.74, 6) is 0. The molecule has 0 saturated carbocycles. The van der Waals surface area contributed by atoms with Crippen LogP contribution in [-0.2, 0) is 0 Å². The number of rotatable bonds is 1. The zero-order valence-corrected chi connectivity index (χ0v) is 8.37. The van der Waals surface area contributed by atoms with Gasteiger partial charge in [0.1, 0.15) is 0 Å². The second-order valence-corrected chi connectivity index (χ2v) is 3.80.